The number of benzene rings is 2. The summed E-state index contributed by atoms with van der Waals surface area (Å²) in [6, 6.07) is 16.8. The molecular weight excluding hydrogens is 366 g/mol. The highest BCUT2D eigenvalue weighted by Gasteiger charge is 2.11. The van der Waals surface area contributed by atoms with Crippen LogP contribution in [0.2, 0.25) is 0 Å². The molecule has 150 valence electrons. The number of ether oxygens (including phenoxy) is 1. The Bertz CT molecular complexity index is 971. The predicted octanol–water partition coefficient (Wildman–Crippen LogP) is 4.33. The molecule has 0 aliphatic carbocycles. The molecule has 0 radical (unpaired) electrons. The van der Waals surface area contributed by atoms with Gasteiger partial charge in [-0.3, -0.25) is 4.79 Å². The van der Waals surface area contributed by atoms with Crippen molar-refractivity contribution in [3.8, 4) is 5.75 Å². The average molecular weight is 391 g/mol. The molecule has 1 heterocycles. The fraction of sp³-hybridized carbons (Fsp3) is 0.227. The van der Waals surface area contributed by atoms with E-state index in [9.17, 15) is 4.79 Å². The van der Waals surface area contributed by atoms with Gasteiger partial charge in [-0.2, -0.15) is 0 Å². The van der Waals surface area contributed by atoms with Crippen LogP contribution < -0.4 is 20.3 Å². The number of amides is 1. The first kappa shape index (κ1) is 20.1. The molecule has 0 unspecified atom stereocenters. The standard InChI is InChI=1S/C22H25N5O2/c1-15(2)29-20-8-6-5-7-18(20)26-21-13-19(23-14-24-21)22(28)25-16-9-11-17(12-10-16)27(3)4/h5-15H,1-4H3,(H,25,28)(H,23,24,26). The van der Waals surface area contributed by atoms with Gasteiger partial charge in [-0.25, -0.2) is 9.97 Å². The topological polar surface area (TPSA) is 79.4 Å². The highest BCUT2D eigenvalue weighted by molar-refractivity contribution is 6.03. The summed E-state index contributed by atoms with van der Waals surface area (Å²) >= 11 is 0. The molecule has 0 aliphatic rings. The number of para-hydroxylation sites is 2. The van der Waals surface area contributed by atoms with E-state index in [-0.39, 0.29) is 17.7 Å². The van der Waals surface area contributed by atoms with Gasteiger partial charge in [0.2, 0.25) is 0 Å². The second-order valence-electron chi connectivity index (χ2n) is 6.97. The van der Waals surface area contributed by atoms with E-state index in [2.05, 4.69) is 20.6 Å². The van der Waals surface area contributed by atoms with Crippen molar-refractivity contribution in [3.63, 3.8) is 0 Å². The van der Waals surface area contributed by atoms with Gasteiger partial charge in [-0.15, -0.1) is 0 Å². The zero-order valence-electron chi connectivity index (χ0n) is 17.0. The van der Waals surface area contributed by atoms with Crippen LogP contribution in [0.15, 0.2) is 60.9 Å². The number of hydrogen-bond donors (Lipinski definition) is 2. The van der Waals surface area contributed by atoms with Crippen LogP contribution in [0.5, 0.6) is 5.75 Å². The van der Waals surface area contributed by atoms with Crippen LogP contribution in [-0.2, 0) is 0 Å². The maximum atomic E-state index is 12.6. The first-order valence-electron chi connectivity index (χ1n) is 9.36. The second-order valence-corrected chi connectivity index (χ2v) is 6.97. The Balaban J connectivity index is 1.73. The summed E-state index contributed by atoms with van der Waals surface area (Å²) in [6.45, 7) is 3.93. The first-order chi connectivity index (χ1) is 13.9. The number of anilines is 4. The van der Waals surface area contributed by atoms with Crippen molar-refractivity contribution in [3.05, 3.63) is 66.6 Å². The van der Waals surface area contributed by atoms with Gasteiger partial charge in [0.25, 0.3) is 5.91 Å². The number of nitrogens with zero attached hydrogens (tertiary/aromatic N) is 3. The molecule has 0 atom stereocenters. The van der Waals surface area contributed by atoms with E-state index < -0.39 is 0 Å². The summed E-state index contributed by atoms with van der Waals surface area (Å²) in [5.74, 6) is 0.917. The van der Waals surface area contributed by atoms with Crippen LogP contribution in [0.3, 0.4) is 0 Å². The lowest BCUT2D eigenvalue weighted by atomic mass is 10.2. The molecule has 0 saturated carbocycles. The maximum Gasteiger partial charge on any atom is 0.274 e. The molecule has 7 nitrogen and oxygen atoms in total. The van der Waals surface area contributed by atoms with Gasteiger partial charge < -0.3 is 20.3 Å². The van der Waals surface area contributed by atoms with E-state index in [0.717, 1.165) is 11.4 Å². The zero-order valence-corrected chi connectivity index (χ0v) is 17.0. The van der Waals surface area contributed by atoms with Crippen LogP contribution in [-0.4, -0.2) is 36.1 Å². The lowest BCUT2D eigenvalue weighted by Crippen LogP contribution is -2.15. The van der Waals surface area contributed by atoms with E-state index in [4.69, 9.17) is 4.74 Å². The van der Waals surface area contributed by atoms with Crippen molar-refractivity contribution >= 4 is 28.8 Å². The Labute approximate surface area is 170 Å². The van der Waals surface area contributed by atoms with Gasteiger partial charge in [0, 0.05) is 31.5 Å². The van der Waals surface area contributed by atoms with E-state index in [1.165, 1.54) is 6.33 Å². The van der Waals surface area contributed by atoms with Crippen molar-refractivity contribution in [1.29, 1.82) is 0 Å². The van der Waals surface area contributed by atoms with Gasteiger partial charge in [-0.1, -0.05) is 12.1 Å². The van der Waals surface area contributed by atoms with Gasteiger partial charge >= 0.3 is 0 Å². The van der Waals surface area contributed by atoms with Gasteiger partial charge in [0.05, 0.1) is 11.8 Å². The minimum absolute atomic E-state index is 0.0450. The molecule has 0 bridgehead atoms. The summed E-state index contributed by atoms with van der Waals surface area (Å²) < 4.78 is 5.81. The molecule has 7 heteroatoms. The van der Waals surface area contributed by atoms with Crippen molar-refractivity contribution in [2.75, 3.05) is 29.6 Å². The summed E-state index contributed by atoms with van der Waals surface area (Å²) in [4.78, 5) is 22.9. The van der Waals surface area contributed by atoms with Crippen LogP contribution in [0.1, 0.15) is 24.3 Å². The van der Waals surface area contributed by atoms with Crippen molar-refractivity contribution in [2.24, 2.45) is 0 Å². The van der Waals surface area contributed by atoms with E-state index >= 15 is 0 Å². The summed E-state index contributed by atoms with van der Waals surface area (Å²) in [7, 11) is 3.93. The largest absolute Gasteiger partial charge is 0.489 e. The van der Waals surface area contributed by atoms with E-state index in [0.29, 0.717) is 17.3 Å². The monoisotopic (exact) mass is 391 g/mol. The first-order valence-corrected chi connectivity index (χ1v) is 9.36. The fourth-order valence-corrected chi connectivity index (χ4v) is 2.65. The number of hydrogen-bond acceptors (Lipinski definition) is 6. The summed E-state index contributed by atoms with van der Waals surface area (Å²) in [5.41, 5.74) is 2.79. The normalized spacial score (nSPS) is 10.5. The van der Waals surface area contributed by atoms with Crippen molar-refractivity contribution in [1.82, 2.24) is 9.97 Å². The van der Waals surface area contributed by atoms with Gasteiger partial charge in [0.1, 0.15) is 23.6 Å². The van der Waals surface area contributed by atoms with Crippen LogP contribution in [0.4, 0.5) is 22.9 Å². The highest BCUT2D eigenvalue weighted by atomic mass is 16.5. The zero-order chi connectivity index (χ0) is 20.8. The lowest BCUT2D eigenvalue weighted by Gasteiger charge is -2.15. The Morgan fingerprint density at radius 2 is 1.76 bits per heavy atom. The van der Waals surface area contributed by atoms with E-state index in [1.807, 2.05) is 81.4 Å². The maximum absolute atomic E-state index is 12.6. The molecule has 0 fully saturated rings. The quantitative estimate of drug-likeness (QED) is 0.624. The fourth-order valence-electron chi connectivity index (χ4n) is 2.65. The predicted molar refractivity (Wildman–Crippen MR) is 116 cm³/mol. The number of nitrogens with one attached hydrogen (secondary N) is 2. The SMILES string of the molecule is CC(C)Oc1ccccc1Nc1cc(C(=O)Nc2ccc(N(C)C)cc2)ncn1. The molecule has 2 N–H and O–H groups in total. The number of carbonyl (C=O) groups is 1. The third kappa shape index (κ3) is 5.44. The van der Waals surface area contributed by atoms with Crippen LogP contribution >= 0.6 is 0 Å². The summed E-state index contributed by atoms with van der Waals surface area (Å²) in [5, 5.41) is 6.05. The molecule has 3 aromatic rings. The van der Waals surface area contributed by atoms with Crippen molar-refractivity contribution in [2.45, 2.75) is 20.0 Å². The Kier molecular flexibility index (Phi) is 6.29. The number of carbonyl (C=O) groups excluding carboxylic acids is 1. The second kappa shape index (κ2) is 9.05. The number of aromatic nitrogens is 2. The minimum atomic E-state index is -0.306. The molecule has 2 aromatic carbocycles. The van der Waals surface area contributed by atoms with Crippen LogP contribution in [0, 0.1) is 0 Å². The third-order valence-electron chi connectivity index (χ3n) is 4.05. The van der Waals surface area contributed by atoms with Gasteiger partial charge in [0.15, 0.2) is 0 Å². The van der Waals surface area contributed by atoms with E-state index in [1.54, 1.807) is 6.07 Å². The Morgan fingerprint density at radius 1 is 1.03 bits per heavy atom. The molecule has 29 heavy (non-hydrogen) atoms. The molecule has 1 aromatic heterocycles. The average Bonchev–Trinajstić information content (AvgIpc) is 2.70. The Hall–Kier alpha value is -3.61. The molecular formula is C22H25N5O2. The van der Waals surface area contributed by atoms with Crippen LogP contribution in [0.25, 0.3) is 0 Å². The minimum Gasteiger partial charge on any atom is -0.489 e. The molecule has 3 rings (SSSR count). The molecule has 0 aliphatic heterocycles. The van der Waals surface area contributed by atoms with Crippen molar-refractivity contribution < 1.29 is 9.53 Å². The Morgan fingerprint density at radius 3 is 2.45 bits per heavy atom. The molecule has 0 spiro atoms. The third-order valence-corrected chi connectivity index (χ3v) is 4.05. The molecule has 1 amide bonds. The lowest BCUT2D eigenvalue weighted by molar-refractivity contribution is 0.102. The summed E-state index contributed by atoms with van der Waals surface area (Å²) in [6.07, 6.45) is 1.40. The molecule has 0 saturated heterocycles. The number of rotatable bonds is 7. The highest BCUT2D eigenvalue weighted by Crippen LogP contribution is 2.27. The smallest absolute Gasteiger partial charge is 0.274 e. The van der Waals surface area contributed by atoms with Gasteiger partial charge in [-0.05, 0) is 50.2 Å².